The molecule has 1 aliphatic heterocycles. The van der Waals surface area contributed by atoms with E-state index >= 15 is 0 Å². The van der Waals surface area contributed by atoms with Crippen LogP contribution in [0.5, 0.6) is 0 Å². The first kappa shape index (κ1) is 18.1. The van der Waals surface area contributed by atoms with Gasteiger partial charge in [0.05, 0.1) is 5.69 Å². The summed E-state index contributed by atoms with van der Waals surface area (Å²) in [5.74, 6) is -0.452. The third-order valence-electron chi connectivity index (χ3n) is 4.13. The number of nitrogens with zero attached hydrogens (tertiary/aromatic N) is 1. The molecule has 6 heteroatoms. The van der Waals surface area contributed by atoms with Crippen molar-refractivity contribution in [3.05, 3.63) is 29.8 Å². The predicted octanol–water partition coefficient (Wildman–Crippen LogP) is 1.24. The molecule has 1 saturated heterocycles. The Morgan fingerprint density at radius 2 is 1.92 bits per heavy atom. The largest absolute Gasteiger partial charge is 0.355 e. The van der Waals surface area contributed by atoms with Crippen LogP contribution in [0.25, 0.3) is 0 Å². The highest BCUT2D eigenvalue weighted by molar-refractivity contribution is 6.20. The third-order valence-corrected chi connectivity index (χ3v) is 4.13. The van der Waals surface area contributed by atoms with Crippen molar-refractivity contribution >= 4 is 23.4 Å². The minimum atomic E-state index is -0.237. The lowest BCUT2D eigenvalue weighted by atomic mass is 10.1. The van der Waals surface area contributed by atoms with Crippen molar-refractivity contribution in [3.8, 4) is 0 Å². The monoisotopic (exact) mass is 331 g/mol. The molecule has 1 fully saturated rings. The third kappa shape index (κ3) is 4.64. The molecule has 0 saturated carbocycles. The van der Waals surface area contributed by atoms with Gasteiger partial charge in [-0.2, -0.15) is 0 Å². The zero-order valence-electron chi connectivity index (χ0n) is 14.3. The fourth-order valence-corrected chi connectivity index (χ4v) is 2.74. The molecule has 0 bridgehead atoms. The van der Waals surface area contributed by atoms with E-state index in [0.29, 0.717) is 18.7 Å². The fourth-order valence-electron chi connectivity index (χ4n) is 2.74. The molecule has 2 N–H and O–H groups in total. The molecule has 1 aliphatic rings. The summed E-state index contributed by atoms with van der Waals surface area (Å²) in [6.07, 6.45) is 2.33. The SMILES string of the molecule is CNCCNC(=O)CCCc1ccc(N2C(=O)CC(C)C2=O)cc1. The van der Waals surface area contributed by atoms with E-state index in [1.807, 2.05) is 19.2 Å². The molecular weight excluding hydrogens is 306 g/mol. The average Bonchev–Trinajstić information content (AvgIpc) is 2.81. The molecule has 1 aromatic carbocycles. The summed E-state index contributed by atoms with van der Waals surface area (Å²) < 4.78 is 0. The maximum Gasteiger partial charge on any atom is 0.237 e. The Balaban J connectivity index is 1.81. The number of aryl methyl sites for hydroxylation is 1. The fraction of sp³-hybridized carbons (Fsp3) is 0.500. The van der Waals surface area contributed by atoms with Gasteiger partial charge in [0, 0.05) is 31.8 Å². The molecule has 6 nitrogen and oxygen atoms in total. The summed E-state index contributed by atoms with van der Waals surface area (Å²) >= 11 is 0. The van der Waals surface area contributed by atoms with Crippen LogP contribution in [0.1, 0.15) is 31.7 Å². The Morgan fingerprint density at radius 3 is 2.50 bits per heavy atom. The molecule has 3 amide bonds. The van der Waals surface area contributed by atoms with Crippen molar-refractivity contribution in [1.82, 2.24) is 10.6 Å². The molecule has 24 heavy (non-hydrogen) atoms. The lowest BCUT2D eigenvalue weighted by molar-refractivity contribution is -0.122. The molecular formula is C18H25N3O3. The average molecular weight is 331 g/mol. The van der Waals surface area contributed by atoms with Gasteiger partial charge in [0.1, 0.15) is 0 Å². The van der Waals surface area contributed by atoms with Crippen LogP contribution in [-0.2, 0) is 20.8 Å². The van der Waals surface area contributed by atoms with Crippen LogP contribution in [0.4, 0.5) is 5.69 Å². The first-order valence-corrected chi connectivity index (χ1v) is 8.40. The van der Waals surface area contributed by atoms with Crippen LogP contribution in [0, 0.1) is 5.92 Å². The topological polar surface area (TPSA) is 78.5 Å². The van der Waals surface area contributed by atoms with Crippen LogP contribution in [0.3, 0.4) is 0 Å². The molecule has 1 atom stereocenters. The van der Waals surface area contributed by atoms with Gasteiger partial charge in [-0.1, -0.05) is 19.1 Å². The second-order valence-electron chi connectivity index (χ2n) is 6.15. The molecule has 0 aromatic heterocycles. The second kappa shape index (κ2) is 8.59. The maximum absolute atomic E-state index is 12.0. The Hall–Kier alpha value is -2.21. The van der Waals surface area contributed by atoms with E-state index in [0.717, 1.165) is 24.9 Å². The van der Waals surface area contributed by atoms with E-state index < -0.39 is 0 Å². The Kier molecular flexibility index (Phi) is 6.49. The minimum absolute atomic E-state index is 0.0594. The number of hydrogen-bond donors (Lipinski definition) is 2. The van der Waals surface area contributed by atoms with Gasteiger partial charge in [0.2, 0.25) is 17.7 Å². The van der Waals surface area contributed by atoms with Gasteiger partial charge in [0.15, 0.2) is 0 Å². The van der Waals surface area contributed by atoms with Gasteiger partial charge in [-0.15, -0.1) is 0 Å². The number of benzene rings is 1. The van der Waals surface area contributed by atoms with Crippen LogP contribution in [0.2, 0.25) is 0 Å². The van der Waals surface area contributed by atoms with Gasteiger partial charge in [-0.3, -0.25) is 19.3 Å². The van der Waals surface area contributed by atoms with Crippen molar-refractivity contribution in [2.24, 2.45) is 5.92 Å². The zero-order chi connectivity index (χ0) is 17.5. The number of likely N-dealkylation sites (N-methyl/N-ethyl adjacent to an activating group) is 1. The standard InChI is InChI=1S/C18H25N3O3/c1-13-12-17(23)21(18(13)24)15-8-6-14(7-9-15)4-3-5-16(22)20-11-10-19-2/h6-9,13,19H,3-5,10-12H2,1-2H3,(H,20,22). The summed E-state index contributed by atoms with van der Waals surface area (Å²) in [6.45, 7) is 3.18. The van der Waals surface area contributed by atoms with Gasteiger partial charge in [-0.25, -0.2) is 0 Å². The van der Waals surface area contributed by atoms with Crippen LogP contribution in [-0.4, -0.2) is 37.9 Å². The number of nitrogens with one attached hydrogen (secondary N) is 2. The Labute approximate surface area is 142 Å². The van der Waals surface area contributed by atoms with Crippen molar-refractivity contribution in [2.45, 2.75) is 32.6 Å². The van der Waals surface area contributed by atoms with Gasteiger partial charge >= 0.3 is 0 Å². The molecule has 1 heterocycles. The quantitative estimate of drug-likeness (QED) is 0.555. The minimum Gasteiger partial charge on any atom is -0.355 e. The summed E-state index contributed by atoms with van der Waals surface area (Å²) in [7, 11) is 1.85. The molecule has 0 radical (unpaired) electrons. The smallest absolute Gasteiger partial charge is 0.237 e. The van der Waals surface area contributed by atoms with E-state index in [9.17, 15) is 14.4 Å². The summed E-state index contributed by atoms with van der Waals surface area (Å²) in [4.78, 5) is 36.8. The molecule has 0 spiro atoms. The Morgan fingerprint density at radius 1 is 1.21 bits per heavy atom. The van der Waals surface area contributed by atoms with Crippen LogP contribution in [0.15, 0.2) is 24.3 Å². The van der Waals surface area contributed by atoms with Gasteiger partial charge < -0.3 is 10.6 Å². The first-order valence-electron chi connectivity index (χ1n) is 8.40. The van der Waals surface area contributed by atoms with Crippen LogP contribution < -0.4 is 15.5 Å². The molecule has 1 unspecified atom stereocenters. The number of carbonyl (C=O) groups is 3. The number of carbonyl (C=O) groups excluding carboxylic acids is 3. The van der Waals surface area contributed by atoms with Crippen molar-refractivity contribution < 1.29 is 14.4 Å². The van der Waals surface area contributed by atoms with Crippen molar-refractivity contribution in [2.75, 3.05) is 25.0 Å². The molecule has 1 aromatic rings. The van der Waals surface area contributed by atoms with E-state index in [1.54, 1.807) is 19.1 Å². The van der Waals surface area contributed by atoms with E-state index in [1.165, 1.54) is 4.90 Å². The first-order chi connectivity index (χ1) is 11.5. The van der Waals surface area contributed by atoms with Gasteiger partial charge in [0.25, 0.3) is 0 Å². The van der Waals surface area contributed by atoms with E-state index in [4.69, 9.17) is 0 Å². The predicted molar refractivity (Wildman–Crippen MR) is 92.6 cm³/mol. The number of rotatable bonds is 8. The Bertz CT molecular complexity index is 598. The summed E-state index contributed by atoms with van der Waals surface area (Å²) in [5.41, 5.74) is 1.72. The van der Waals surface area contributed by atoms with Gasteiger partial charge in [-0.05, 0) is 37.6 Å². The summed E-state index contributed by atoms with van der Waals surface area (Å²) in [5, 5.41) is 5.82. The lowest BCUT2D eigenvalue weighted by Gasteiger charge is -2.14. The van der Waals surface area contributed by atoms with E-state index in [-0.39, 0.29) is 30.1 Å². The van der Waals surface area contributed by atoms with Crippen molar-refractivity contribution in [1.29, 1.82) is 0 Å². The molecule has 2 rings (SSSR count). The van der Waals surface area contributed by atoms with Crippen LogP contribution >= 0.6 is 0 Å². The normalized spacial score (nSPS) is 17.4. The molecule has 0 aliphatic carbocycles. The number of amides is 3. The highest BCUT2D eigenvalue weighted by atomic mass is 16.2. The summed E-state index contributed by atoms with van der Waals surface area (Å²) in [6, 6.07) is 7.43. The number of imide groups is 1. The second-order valence-corrected chi connectivity index (χ2v) is 6.15. The lowest BCUT2D eigenvalue weighted by Crippen LogP contribution is -2.30. The van der Waals surface area contributed by atoms with E-state index in [2.05, 4.69) is 10.6 Å². The maximum atomic E-state index is 12.0. The number of anilines is 1. The molecule has 130 valence electrons. The van der Waals surface area contributed by atoms with Crippen molar-refractivity contribution in [3.63, 3.8) is 0 Å². The number of hydrogen-bond acceptors (Lipinski definition) is 4. The highest BCUT2D eigenvalue weighted by Gasteiger charge is 2.36. The zero-order valence-corrected chi connectivity index (χ0v) is 14.3. The highest BCUT2D eigenvalue weighted by Crippen LogP contribution is 2.26.